The lowest BCUT2D eigenvalue weighted by Crippen LogP contribution is -2.51. The summed E-state index contributed by atoms with van der Waals surface area (Å²) in [6.45, 7) is 6.02. The molecule has 0 radical (unpaired) electrons. The molecular formula is C27H36N4O3. The van der Waals surface area contributed by atoms with E-state index in [1.165, 1.54) is 5.69 Å². The number of carbonyl (C=O) groups is 2. The lowest BCUT2D eigenvalue weighted by molar-refractivity contribution is -0.133. The van der Waals surface area contributed by atoms with Crippen molar-refractivity contribution in [1.29, 1.82) is 0 Å². The maximum Gasteiger partial charge on any atom is 0.234 e. The highest BCUT2D eigenvalue weighted by Gasteiger charge is 2.25. The fourth-order valence-electron chi connectivity index (χ4n) is 4.75. The molecule has 2 saturated heterocycles. The van der Waals surface area contributed by atoms with E-state index in [0.717, 1.165) is 56.9 Å². The maximum absolute atomic E-state index is 12.6. The van der Waals surface area contributed by atoms with E-state index in [0.29, 0.717) is 32.0 Å². The highest BCUT2D eigenvalue weighted by atomic mass is 16.5. The van der Waals surface area contributed by atoms with Gasteiger partial charge in [-0.2, -0.15) is 0 Å². The number of hydrogen-bond donors (Lipinski definition) is 1. The molecule has 2 fully saturated rings. The van der Waals surface area contributed by atoms with Gasteiger partial charge in [-0.05, 0) is 48.6 Å². The van der Waals surface area contributed by atoms with Crippen molar-refractivity contribution >= 4 is 17.5 Å². The largest absolute Gasteiger partial charge is 0.497 e. The molecule has 34 heavy (non-hydrogen) atoms. The number of para-hydroxylation sites is 1. The second-order valence-electron chi connectivity index (χ2n) is 9.25. The van der Waals surface area contributed by atoms with Crippen LogP contribution in [-0.4, -0.2) is 81.1 Å². The average Bonchev–Trinajstić information content (AvgIpc) is 3.36. The van der Waals surface area contributed by atoms with Crippen LogP contribution in [0.25, 0.3) is 0 Å². The number of carbonyl (C=O) groups excluding carboxylic acids is 2. The summed E-state index contributed by atoms with van der Waals surface area (Å²) in [6.07, 6.45) is 2.34. The summed E-state index contributed by atoms with van der Waals surface area (Å²) < 4.78 is 5.18. The molecule has 1 atom stereocenters. The van der Waals surface area contributed by atoms with Crippen LogP contribution in [0, 0.1) is 5.92 Å². The molecular weight excluding hydrogens is 428 g/mol. The number of aryl methyl sites for hydroxylation is 1. The van der Waals surface area contributed by atoms with Gasteiger partial charge in [-0.1, -0.05) is 30.3 Å². The van der Waals surface area contributed by atoms with Crippen LogP contribution in [0.5, 0.6) is 5.75 Å². The first-order chi connectivity index (χ1) is 16.6. The van der Waals surface area contributed by atoms with Crippen LogP contribution >= 0.6 is 0 Å². The first-order valence-electron chi connectivity index (χ1n) is 12.3. The third-order valence-electron chi connectivity index (χ3n) is 6.87. The van der Waals surface area contributed by atoms with Gasteiger partial charge in [0.05, 0.1) is 13.7 Å². The van der Waals surface area contributed by atoms with Crippen LogP contribution in [0.1, 0.15) is 18.4 Å². The minimum atomic E-state index is 0.0810. The Morgan fingerprint density at radius 1 is 0.971 bits per heavy atom. The molecule has 2 amide bonds. The van der Waals surface area contributed by atoms with Gasteiger partial charge in [-0.15, -0.1) is 0 Å². The molecule has 0 spiro atoms. The lowest BCUT2D eigenvalue weighted by Gasteiger charge is -2.34. The number of ether oxygens (including phenoxy) is 1. The van der Waals surface area contributed by atoms with Crippen LogP contribution in [0.15, 0.2) is 54.6 Å². The number of anilines is 1. The normalized spacial score (nSPS) is 18.7. The van der Waals surface area contributed by atoms with Gasteiger partial charge >= 0.3 is 0 Å². The van der Waals surface area contributed by atoms with E-state index in [4.69, 9.17) is 4.74 Å². The topological polar surface area (TPSA) is 65.1 Å². The van der Waals surface area contributed by atoms with Crippen molar-refractivity contribution in [2.24, 2.45) is 5.92 Å². The monoisotopic (exact) mass is 464 g/mol. The first kappa shape index (κ1) is 24.1. The zero-order valence-corrected chi connectivity index (χ0v) is 20.1. The Hall–Kier alpha value is -3.06. The predicted octanol–water partition coefficient (Wildman–Crippen LogP) is 2.41. The molecule has 7 nitrogen and oxygen atoms in total. The quantitative estimate of drug-likeness (QED) is 0.618. The molecule has 7 heteroatoms. The van der Waals surface area contributed by atoms with Gasteiger partial charge in [-0.3, -0.25) is 14.5 Å². The van der Waals surface area contributed by atoms with Gasteiger partial charge < -0.3 is 19.9 Å². The first-order valence-corrected chi connectivity index (χ1v) is 12.3. The van der Waals surface area contributed by atoms with Crippen molar-refractivity contribution in [3.8, 4) is 5.75 Å². The molecule has 0 aliphatic carbocycles. The Balaban J connectivity index is 1.11. The Labute approximate surface area is 202 Å². The smallest absolute Gasteiger partial charge is 0.234 e. The Bertz CT molecular complexity index is 927. The second kappa shape index (κ2) is 11.9. The van der Waals surface area contributed by atoms with E-state index < -0.39 is 0 Å². The average molecular weight is 465 g/mol. The molecule has 0 saturated carbocycles. The standard InChI is InChI=1S/C27H36N4O3/c1-34-25-10-7-22(8-11-25)9-12-27(33)30-17-15-29(16-18-30)21-26(32)28-19-23-13-14-31(20-23)24-5-3-2-4-6-24/h2-8,10-11,23H,9,12-21H2,1H3,(H,28,32). The molecule has 182 valence electrons. The maximum atomic E-state index is 12.6. The van der Waals surface area contributed by atoms with Gasteiger partial charge in [0.2, 0.25) is 11.8 Å². The molecule has 2 aromatic carbocycles. The van der Waals surface area contributed by atoms with Crippen molar-refractivity contribution in [2.75, 3.05) is 64.4 Å². The molecule has 0 bridgehead atoms. The number of benzene rings is 2. The second-order valence-corrected chi connectivity index (χ2v) is 9.25. The van der Waals surface area contributed by atoms with Gasteiger partial charge in [0.1, 0.15) is 5.75 Å². The SMILES string of the molecule is COc1ccc(CCC(=O)N2CCN(CC(=O)NCC3CCN(c4ccccc4)C3)CC2)cc1. The summed E-state index contributed by atoms with van der Waals surface area (Å²) in [5, 5.41) is 3.13. The van der Waals surface area contributed by atoms with Crippen LogP contribution in [-0.2, 0) is 16.0 Å². The minimum Gasteiger partial charge on any atom is -0.497 e. The van der Waals surface area contributed by atoms with Crippen molar-refractivity contribution < 1.29 is 14.3 Å². The molecule has 2 heterocycles. The summed E-state index contributed by atoms with van der Waals surface area (Å²) in [4.78, 5) is 31.5. The van der Waals surface area contributed by atoms with Crippen LogP contribution < -0.4 is 15.0 Å². The fourth-order valence-corrected chi connectivity index (χ4v) is 4.75. The lowest BCUT2D eigenvalue weighted by atomic mass is 10.1. The third kappa shape index (κ3) is 6.73. The molecule has 2 aliphatic heterocycles. The van der Waals surface area contributed by atoms with E-state index in [9.17, 15) is 9.59 Å². The third-order valence-corrected chi connectivity index (χ3v) is 6.87. The molecule has 1 unspecified atom stereocenters. The highest BCUT2D eigenvalue weighted by molar-refractivity contribution is 5.78. The van der Waals surface area contributed by atoms with E-state index >= 15 is 0 Å². The summed E-state index contributed by atoms with van der Waals surface area (Å²) in [5.41, 5.74) is 2.39. The summed E-state index contributed by atoms with van der Waals surface area (Å²) >= 11 is 0. The zero-order chi connectivity index (χ0) is 23.8. The van der Waals surface area contributed by atoms with E-state index in [-0.39, 0.29) is 11.8 Å². The van der Waals surface area contributed by atoms with Crippen molar-refractivity contribution in [3.63, 3.8) is 0 Å². The van der Waals surface area contributed by atoms with Crippen molar-refractivity contribution in [3.05, 3.63) is 60.2 Å². The molecule has 2 aliphatic rings. The summed E-state index contributed by atoms with van der Waals surface area (Å²) in [6, 6.07) is 18.3. The number of nitrogens with zero attached hydrogens (tertiary/aromatic N) is 3. The van der Waals surface area contributed by atoms with E-state index in [2.05, 4.69) is 39.4 Å². The van der Waals surface area contributed by atoms with Gasteiger partial charge in [0, 0.05) is 57.9 Å². The Morgan fingerprint density at radius 3 is 2.41 bits per heavy atom. The Kier molecular flexibility index (Phi) is 8.41. The number of piperazine rings is 1. The fraction of sp³-hybridized carbons (Fsp3) is 0.481. The zero-order valence-electron chi connectivity index (χ0n) is 20.1. The number of rotatable bonds is 9. The molecule has 4 rings (SSSR count). The van der Waals surface area contributed by atoms with Crippen LogP contribution in [0.3, 0.4) is 0 Å². The molecule has 1 N–H and O–H groups in total. The van der Waals surface area contributed by atoms with E-state index in [1.54, 1.807) is 7.11 Å². The number of methoxy groups -OCH3 is 1. The number of nitrogens with one attached hydrogen (secondary N) is 1. The predicted molar refractivity (Wildman–Crippen MR) is 134 cm³/mol. The van der Waals surface area contributed by atoms with Gasteiger partial charge in [0.15, 0.2) is 0 Å². The number of hydrogen-bond acceptors (Lipinski definition) is 5. The van der Waals surface area contributed by atoms with E-state index in [1.807, 2.05) is 35.2 Å². The van der Waals surface area contributed by atoms with Crippen LogP contribution in [0.4, 0.5) is 5.69 Å². The van der Waals surface area contributed by atoms with Gasteiger partial charge in [-0.25, -0.2) is 0 Å². The molecule has 2 aromatic rings. The Morgan fingerprint density at radius 2 is 1.71 bits per heavy atom. The summed E-state index contributed by atoms with van der Waals surface area (Å²) in [7, 11) is 1.65. The minimum absolute atomic E-state index is 0.0810. The summed E-state index contributed by atoms with van der Waals surface area (Å²) in [5.74, 6) is 1.58. The van der Waals surface area contributed by atoms with Gasteiger partial charge in [0.25, 0.3) is 0 Å². The highest BCUT2D eigenvalue weighted by Crippen LogP contribution is 2.23. The van der Waals surface area contributed by atoms with Crippen molar-refractivity contribution in [1.82, 2.24) is 15.1 Å². The van der Waals surface area contributed by atoms with Crippen molar-refractivity contribution in [2.45, 2.75) is 19.3 Å². The number of amides is 2. The van der Waals surface area contributed by atoms with Crippen LogP contribution in [0.2, 0.25) is 0 Å². The molecule has 0 aromatic heterocycles.